The minimum atomic E-state index is -0.279. The number of fused-ring (bicyclic) bond motifs is 2. The van der Waals surface area contributed by atoms with Gasteiger partial charge >= 0.3 is 0 Å². The lowest BCUT2D eigenvalue weighted by molar-refractivity contribution is 0.0754. The molecular formula is C27H24FN3O2. The molecule has 166 valence electrons. The Balaban J connectivity index is 1.37. The molecule has 4 aromatic rings. The number of hydrogen-bond donors (Lipinski definition) is 1. The largest absolute Gasteiger partial charge is 0.396 e. The van der Waals surface area contributed by atoms with Crippen LogP contribution < -0.4 is 0 Å². The highest BCUT2D eigenvalue weighted by molar-refractivity contribution is 5.95. The molecule has 3 aromatic carbocycles. The number of hydrogen-bond acceptors (Lipinski definition) is 3. The van der Waals surface area contributed by atoms with Gasteiger partial charge in [0.1, 0.15) is 5.82 Å². The fourth-order valence-corrected chi connectivity index (χ4v) is 5.91. The van der Waals surface area contributed by atoms with Crippen molar-refractivity contribution in [2.24, 2.45) is 11.8 Å². The summed E-state index contributed by atoms with van der Waals surface area (Å²) in [5.74, 6) is 0.166. The first kappa shape index (κ1) is 20.1. The molecule has 6 rings (SSSR count). The van der Waals surface area contributed by atoms with E-state index in [2.05, 4.69) is 24.2 Å². The highest BCUT2D eigenvalue weighted by Crippen LogP contribution is 2.64. The van der Waals surface area contributed by atoms with Gasteiger partial charge in [0.2, 0.25) is 0 Å². The molecule has 3 atom stereocenters. The normalized spacial score (nSPS) is 23.7. The molecule has 5 nitrogen and oxygen atoms in total. The van der Waals surface area contributed by atoms with Gasteiger partial charge in [-0.2, -0.15) is 5.10 Å². The maximum absolute atomic E-state index is 13.4. The van der Waals surface area contributed by atoms with E-state index < -0.39 is 0 Å². The van der Waals surface area contributed by atoms with E-state index in [0.717, 1.165) is 22.2 Å². The summed E-state index contributed by atoms with van der Waals surface area (Å²) in [6.45, 7) is 3.46. The van der Waals surface area contributed by atoms with Crippen molar-refractivity contribution in [2.45, 2.75) is 12.3 Å². The fourth-order valence-electron chi connectivity index (χ4n) is 5.91. The van der Waals surface area contributed by atoms with Gasteiger partial charge in [-0.15, -0.1) is 0 Å². The van der Waals surface area contributed by atoms with Crippen molar-refractivity contribution >= 4 is 16.8 Å². The minimum absolute atomic E-state index is 0.0433. The summed E-state index contributed by atoms with van der Waals surface area (Å²) in [5, 5.41) is 15.6. The van der Waals surface area contributed by atoms with Crippen LogP contribution in [0.25, 0.3) is 16.6 Å². The molecule has 2 fully saturated rings. The van der Waals surface area contributed by atoms with E-state index in [4.69, 9.17) is 0 Å². The third-order valence-corrected chi connectivity index (χ3v) is 7.56. The summed E-state index contributed by atoms with van der Waals surface area (Å²) in [6, 6.07) is 19.9. The van der Waals surface area contributed by atoms with E-state index in [1.807, 2.05) is 46.1 Å². The van der Waals surface area contributed by atoms with Gasteiger partial charge in [0.05, 0.1) is 17.4 Å². The topological polar surface area (TPSA) is 58.4 Å². The predicted molar refractivity (Wildman–Crippen MR) is 124 cm³/mol. The molecule has 1 aliphatic heterocycles. The van der Waals surface area contributed by atoms with Crippen LogP contribution >= 0.6 is 0 Å². The van der Waals surface area contributed by atoms with Crippen LogP contribution in [-0.2, 0) is 5.41 Å². The summed E-state index contributed by atoms with van der Waals surface area (Å²) < 4.78 is 15.2. The predicted octanol–water partition coefficient (Wildman–Crippen LogP) is 4.11. The number of carbonyl (C=O) groups is 1. The Labute approximate surface area is 191 Å². The molecule has 1 saturated heterocycles. The number of piperidine rings is 1. The number of aryl methyl sites for hydroxylation is 1. The second-order valence-electron chi connectivity index (χ2n) is 9.25. The van der Waals surface area contributed by atoms with E-state index in [-0.39, 0.29) is 35.6 Å². The number of aromatic nitrogens is 2. The number of halogens is 1. The Hall–Kier alpha value is -3.51. The van der Waals surface area contributed by atoms with Crippen LogP contribution in [-0.4, -0.2) is 45.4 Å². The molecule has 2 aliphatic rings. The van der Waals surface area contributed by atoms with Gasteiger partial charge in [0, 0.05) is 36.1 Å². The van der Waals surface area contributed by atoms with Crippen LogP contribution in [0.15, 0.2) is 72.9 Å². The molecule has 0 bridgehead atoms. The molecule has 0 radical (unpaired) electrons. The molecule has 1 N–H and O–H groups in total. The first-order valence-electron chi connectivity index (χ1n) is 11.2. The third kappa shape index (κ3) is 2.94. The third-order valence-electron chi connectivity index (χ3n) is 7.56. The van der Waals surface area contributed by atoms with Crippen molar-refractivity contribution in [3.63, 3.8) is 0 Å². The van der Waals surface area contributed by atoms with Gasteiger partial charge in [-0.25, -0.2) is 9.07 Å². The SMILES string of the molecule is Cc1cc2c(cnn2-c2ccc(F)cc2)cc1[C@@]12CN(C(=O)c3ccccc3)CC1[C@H]2CO. The van der Waals surface area contributed by atoms with Gasteiger partial charge in [-0.05, 0) is 78.4 Å². The number of rotatable bonds is 4. The Kier molecular flexibility index (Phi) is 4.42. The van der Waals surface area contributed by atoms with Crippen LogP contribution in [0.5, 0.6) is 0 Å². The quantitative estimate of drug-likeness (QED) is 0.519. The zero-order valence-electron chi connectivity index (χ0n) is 18.3. The summed E-state index contributed by atoms with van der Waals surface area (Å²) in [7, 11) is 0. The van der Waals surface area contributed by atoms with Gasteiger partial charge in [0.15, 0.2) is 0 Å². The Bertz CT molecular complexity index is 1370. The number of likely N-dealkylation sites (tertiary alicyclic amines) is 1. The molecule has 1 aliphatic carbocycles. The van der Waals surface area contributed by atoms with E-state index in [1.54, 1.807) is 12.1 Å². The number of aliphatic hydroxyl groups is 1. The average molecular weight is 442 g/mol. The number of aliphatic hydroxyl groups excluding tert-OH is 1. The molecule has 1 unspecified atom stereocenters. The van der Waals surface area contributed by atoms with Crippen molar-refractivity contribution in [1.82, 2.24) is 14.7 Å². The van der Waals surface area contributed by atoms with E-state index in [0.29, 0.717) is 18.7 Å². The monoisotopic (exact) mass is 441 g/mol. The Morgan fingerprint density at radius 3 is 2.64 bits per heavy atom. The molecule has 6 heteroatoms. The van der Waals surface area contributed by atoms with Crippen molar-refractivity contribution in [3.8, 4) is 5.69 Å². The summed E-state index contributed by atoms with van der Waals surface area (Å²) >= 11 is 0. The highest BCUT2D eigenvalue weighted by atomic mass is 19.1. The van der Waals surface area contributed by atoms with Crippen molar-refractivity contribution < 1.29 is 14.3 Å². The molecular weight excluding hydrogens is 417 g/mol. The molecule has 0 spiro atoms. The number of amides is 1. The molecule has 1 aromatic heterocycles. The van der Waals surface area contributed by atoms with Crippen LogP contribution in [0.3, 0.4) is 0 Å². The van der Waals surface area contributed by atoms with Crippen LogP contribution in [0.1, 0.15) is 21.5 Å². The smallest absolute Gasteiger partial charge is 0.253 e. The van der Waals surface area contributed by atoms with Gasteiger partial charge in [0.25, 0.3) is 5.91 Å². The maximum Gasteiger partial charge on any atom is 0.253 e. The zero-order valence-corrected chi connectivity index (χ0v) is 18.3. The molecule has 1 amide bonds. The van der Waals surface area contributed by atoms with E-state index in [1.165, 1.54) is 17.7 Å². The Morgan fingerprint density at radius 2 is 1.91 bits per heavy atom. The summed E-state index contributed by atoms with van der Waals surface area (Å²) in [5.41, 5.74) is 4.52. The van der Waals surface area contributed by atoms with Crippen molar-refractivity contribution in [3.05, 3.63) is 95.4 Å². The fraction of sp³-hybridized carbons (Fsp3) is 0.259. The molecule has 2 heterocycles. The Morgan fingerprint density at radius 1 is 1.15 bits per heavy atom. The first-order valence-corrected chi connectivity index (χ1v) is 11.2. The maximum atomic E-state index is 13.4. The van der Waals surface area contributed by atoms with Crippen molar-refractivity contribution in [2.75, 3.05) is 19.7 Å². The molecule has 33 heavy (non-hydrogen) atoms. The first-order chi connectivity index (χ1) is 16.0. The van der Waals surface area contributed by atoms with Crippen molar-refractivity contribution in [1.29, 1.82) is 0 Å². The van der Waals surface area contributed by atoms with Crippen LogP contribution in [0, 0.1) is 24.6 Å². The highest BCUT2D eigenvalue weighted by Gasteiger charge is 2.70. The van der Waals surface area contributed by atoms with Gasteiger partial charge in [-0.3, -0.25) is 4.79 Å². The second-order valence-corrected chi connectivity index (χ2v) is 9.25. The summed E-state index contributed by atoms with van der Waals surface area (Å²) in [6.07, 6.45) is 1.82. The number of nitrogens with zero attached hydrogens (tertiary/aromatic N) is 3. The number of carbonyl (C=O) groups excluding carboxylic acids is 1. The van der Waals surface area contributed by atoms with Crippen LogP contribution in [0.4, 0.5) is 4.39 Å². The average Bonchev–Trinajstić information content (AvgIpc) is 3.12. The standard InChI is InChI=1S/C27H24FN3O2/c1-17-11-25-19(13-29-31(25)21-9-7-20(28)8-10-21)12-22(17)27-16-30(14-23(27)24(27)15-32)26(33)18-5-3-2-4-6-18/h2-13,23-24,32H,14-16H2,1H3/t23?,24-,27+/m1/s1. The van der Waals surface area contributed by atoms with Gasteiger partial charge in [-0.1, -0.05) is 18.2 Å². The second kappa shape index (κ2) is 7.25. The minimum Gasteiger partial charge on any atom is -0.396 e. The number of benzene rings is 3. The van der Waals surface area contributed by atoms with Crippen LogP contribution in [0.2, 0.25) is 0 Å². The lowest BCUT2D eigenvalue weighted by Crippen LogP contribution is -2.35. The van der Waals surface area contributed by atoms with E-state index >= 15 is 0 Å². The van der Waals surface area contributed by atoms with E-state index in [9.17, 15) is 14.3 Å². The molecule has 1 saturated carbocycles. The van der Waals surface area contributed by atoms with Gasteiger partial charge < -0.3 is 10.0 Å². The lowest BCUT2D eigenvalue weighted by atomic mass is 9.88. The summed E-state index contributed by atoms with van der Waals surface area (Å²) in [4.78, 5) is 15.0. The zero-order chi connectivity index (χ0) is 22.7. The lowest BCUT2D eigenvalue weighted by Gasteiger charge is -2.25.